The Kier molecular flexibility index (Phi) is 3.27. The molecule has 0 spiro atoms. The Labute approximate surface area is 91.6 Å². The van der Waals surface area contributed by atoms with Crippen molar-refractivity contribution in [1.29, 1.82) is 0 Å². The van der Waals surface area contributed by atoms with Crippen molar-refractivity contribution in [2.24, 2.45) is 0 Å². The van der Waals surface area contributed by atoms with Gasteiger partial charge in [-0.05, 0) is 37.9 Å². The number of aryl methyl sites for hydroxylation is 1. The Morgan fingerprint density at radius 3 is 2.93 bits per heavy atom. The summed E-state index contributed by atoms with van der Waals surface area (Å²) in [5, 5.41) is 3.45. The zero-order valence-electron chi connectivity index (χ0n) is 9.55. The number of piperidine rings is 1. The van der Waals surface area contributed by atoms with Gasteiger partial charge in [0.25, 0.3) is 0 Å². The van der Waals surface area contributed by atoms with Gasteiger partial charge in [-0.2, -0.15) is 0 Å². The molecular formula is C13H19NO. The fraction of sp³-hybridized carbons (Fsp3) is 0.538. The van der Waals surface area contributed by atoms with Gasteiger partial charge in [0.05, 0.1) is 7.11 Å². The van der Waals surface area contributed by atoms with E-state index in [0.29, 0.717) is 5.92 Å². The van der Waals surface area contributed by atoms with Gasteiger partial charge in [0.15, 0.2) is 0 Å². The van der Waals surface area contributed by atoms with Gasteiger partial charge in [0.1, 0.15) is 5.75 Å². The minimum absolute atomic E-state index is 0.619. The van der Waals surface area contributed by atoms with Crippen molar-refractivity contribution in [2.75, 3.05) is 20.2 Å². The Bertz CT molecular complexity index is 329. The lowest BCUT2D eigenvalue weighted by Crippen LogP contribution is -2.28. The highest BCUT2D eigenvalue weighted by Crippen LogP contribution is 2.31. The quantitative estimate of drug-likeness (QED) is 0.801. The van der Waals surface area contributed by atoms with Crippen molar-refractivity contribution in [2.45, 2.75) is 25.7 Å². The average Bonchev–Trinajstić information content (AvgIpc) is 2.30. The van der Waals surface area contributed by atoms with Gasteiger partial charge in [0.2, 0.25) is 0 Å². The van der Waals surface area contributed by atoms with E-state index in [1.807, 2.05) is 0 Å². The molecule has 0 aliphatic carbocycles. The van der Waals surface area contributed by atoms with E-state index < -0.39 is 0 Å². The second-order valence-corrected chi connectivity index (χ2v) is 4.29. The van der Waals surface area contributed by atoms with Crippen molar-refractivity contribution < 1.29 is 4.74 Å². The largest absolute Gasteiger partial charge is 0.496 e. The van der Waals surface area contributed by atoms with E-state index in [4.69, 9.17) is 4.74 Å². The highest BCUT2D eigenvalue weighted by Gasteiger charge is 2.18. The molecule has 1 aliphatic heterocycles. The lowest BCUT2D eigenvalue weighted by Gasteiger charge is -2.25. The van der Waals surface area contributed by atoms with Crippen LogP contribution in [0.25, 0.3) is 0 Å². The number of hydrogen-bond donors (Lipinski definition) is 1. The molecule has 1 saturated heterocycles. The summed E-state index contributed by atoms with van der Waals surface area (Å²) in [4.78, 5) is 0. The molecule has 1 heterocycles. The molecule has 1 aromatic rings. The molecule has 2 heteroatoms. The Hall–Kier alpha value is -1.02. The molecule has 15 heavy (non-hydrogen) atoms. The number of hydrogen-bond acceptors (Lipinski definition) is 2. The summed E-state index contributed by atoms with van der Waals surface area (Å²) in [5.74, 6) is 1.66. The monoisotopic (exact) mass is 205 g/mol. The van der Waals surface area contributed by atoms with Crippen LogP contribution >= 0.6 is 0 Å². The maximum Gasteiger partial charge on any atom is 0.122 e. The number of nitrogens with one attached hydrogen (secondary N) is 1. The smallest absolute Gasteiger partial charge is 0.122 e. The average molecular weight is 205 g/mol. The first kappa shape index (κ1) is 10.5. The van der Waals surface area contributed by atoms with Crippen molar-refractivity contribution in [3.05, 3.63) is 29.3 Å². The van der Waals surface area contributed by atoms with Crippen LogP contribution in [0.2, 0.25) is 0 Å². The maximum atomic E-state index is 5.43. The van der Waals surface area contributed by atoms with Crippen LogP contribution in [0.3, 0.4) is 0 Å². The molecule has 1 aliphatic rings. The van der Waals surface area contributed by atoms with Gasteiger partial charge < -0.3 is 10.1 Å². The second-order valence-electron chi connectivity index (χ2n) is 4.29. The van der Waals surface area contributed by atoms with Crippen LogP contribution in [-0.4, -0.2) is 20.2 Å². The Morgan fingerprint density at radius 1 is 1.40 bits per heavy atom. The summed E-state index contributed by atoms with van der Waals surface area (Å²) in [5.41, 5.74) is 2.68. The van der Waals surface area contributed by atoms with Gasteiger partial charge in [-0.15, -0.1) is 0 Å². The topological polar surface area (TPSA) is 21.3 Å². The molecule has 1 fully saturated rings. The van der Waals surface area contributed by atoms with E-state index in [1.165, 1.54) is 24.0 Å². The molecule has 2 nitrogen and oxygen atoms in total. The SMILES string of the molecule is COc1ccc(C)cc1[C@H]1CCCNC1. The molecule has 0 unspecified atom stereocenters. The highest BCUT2D eigenvalue weighted by atomic mass is 16.5. The van der Waals surface area contributed by atoms with E-state index in [1.54, 1.807) is 7.11 Å². The van der Waals surface area contributed by atoms with Crippen LogP contribution in [0, 0.1) is 6.92 Å². The Balaban J connectivity index is 2.27. The van der Waals surface area contributed by atoms with Gasteiger partial charge in [0, 0.05) is 12.5 Å². The third-order valence-corrected chi connectivity index (χ3v) is 3.12. The predicted octanol–water partition coefficient (Wildman–Crippen LogP) is 2.47. The third kappa shape index (κ3) is 2.32. The fourth-order valence-electron chi connectivity index (χ4n) is 2.29. The van der Waals surface area contributed by atoms with Crippen molar-refractivity contribution in [3.63, 3.8) is 0 Å². The molecule has 2 rings (SSSR count). The summed E-state index contributed by atoms with van der Waals surface area (Å²) in [7, 11) is 1.75. The fourth-order valence-corrected chi connectivity index (χ4v) is 2.29. The molecule has 0 bridgehead atoms. The molecule has 0 aromatic heterocycles. The normalized spacial score (nSPS) is 21.3. The molecule has 1 N–H and O–H groups in total. The first-order valence-electron chi connectivity index (χ1n) is 5.66. The third-order valence-electron chi connectivity index (χ3n) is 3.12. The summed E-state index contributed by atoms with van der Waals surface area (Å²) >= 11 is 0. The minimum Gasteiger partial charge on any atom is -0.496 e. The van der Waals surface area contributed by atoms with E-state index in [0.717, 1.165) is 18.8 Å². The summed E-state index contributed by atoms with van der Waals surface area (Å²) in [6.45, 7) is 4.38. The zero-order chi connectivity index (χ0) is 10.7. The number of ether oxygens (including phenoxy) is 1. The van der Waals surface area contributed by atoms with Crippen LogP contribution in [0.5, 0.6) is 5.75 Å². The zero-order valence-corrected chi connectivity index (χ0v) is 9.55. The van der Waals surface area contributed by atoms with Gasteiger partial charge >= 0.3 is 0 Å². The van der Waals surface area contributed by atoms with Gasteiger partial charge in [-0.25, -0.2) is 0 Å². The molecule has 0 amide bonds. The molecule has 1 atom stereocenters. The van der Waals surface area contributed by atoms with Crippen LogP contribution in [0.4, 0.5) is 0 Å². The van der Waals surface area contributed by atoms with Crippen LogP contribution in [0.1, 0.15) is 29.9 Å². The first-order chi connectivity index (χ1) is 7.31. The number of benzene rings is 1. The molecular weight excluding hydrogens is 186 g/mol. The van der Waals surface area contributed by atoms with Gasteiger partial charge in [-0.1, -0.05) is 17.7 Å². The molecule has 82 valence electrons. The van der Waals surface area contributed by atoms with E-state index in [9.17, 15) is 0 Å². The van der Waals surface area contributed by atoms with E-state index >= 15 is 0 Å². The first-order valence-corrected chi connectivity index (χ1v) is 5.66. The van der Waals surface area contributed by atoms with Crippen molar-refractivity contribution in [1.82, 2.24) is 5.32 Å². The van der Waals surface area contributed by atoms with E-state index in [2.05, 4.69) is 30.4 Å². The van der Waals surface area contributed by atoms with Crippen LogP contribution in [-0.2, 0) is 0 Å². The lowest BCUT2D eigenvalue weighted by atomic mass is 9.90. The number of methoxy groups -OCH3 is 1. The summed E-state index contributed by atoms with van der Waals surface area (Å²) in [6, 6.07) is 6.45. The maximum absolute atomic E-state index is 5.43. The summed E-state index contributed by atoms with van der Waals surface area (Å²) < 4.78 is 5.43. The molecule has 1 aromatic carbocycles. The van der Waals surface area contributed by atoms with Crippen molar-refractivity contribution >= 4 is 0 Å². The predicted molar refractivity (Wildman–Crippen MR) is 62.6 cm³/mol. The highest BCUT2D eigenvalue weighted by molar-refractivity contribution is 5.39. The number of rotatable bonds is 2. The standard InChI is InChI=1S/C13H19NO/c1-10-5-6-13(15-2)12(8-10)11-4-3-7-14-9-11/h5-6,8,11,14H,3-4,7,9H2,1-2H3/t11-/m0/s1. The Morgan fingerprint density at radius 2 is 2.27 bits per heavy atom. The lowest BCUT2D eigenvalue weighted by molar-refractivity contribution is 0.392. The molecule has 0 saturated carbocycles. The van der Waals surface area contributed by atoms with Gasteiger partial charge in [-0.3, -0.25) is 0 Å². The van der Waals surface area contributed by atoms with Crippen LogP contribution in [0.15, 0.2) is 18.2 Å². The summed E-state index contributed by atoms with van der Waals surface area (Å²) in [6.07, 6.45) is 2.54. The minimum atomic E-state index is 0.619. The van der Waals surface area contributed by atoms with E-state index in [-0.39, 0.29) is 0 Å². The van der Waals surface area contributed by atoms with Crippen molar-refractivity contribution in [3.8, 4) is 5.75 Å². The van der Waals surface area contributed by atoms with Crippen LogP contribution < -0.4 is 10.1 Å². The molecule has 0 radical (unpaired) electrons. The second kappa shape index (κ2) is 4.67.